The number of amides is 2. The molecule has 3 fully saturated rings. The predicted molar refractivity (Wildman–Crippen MR) is 74.1 cm³/mol. The molecular weight excluding hydrogens is 256 g/mol. The third-order valence-corrected chi connectivity index (χ3v) is 4.83. The Morgan fingerprint density at radius 2 is 2.00 bits per heavy atom. The minimum absolute atomic E-state index is 0.000252. The summed E-state index contributed by atoms with van der Waals surface area (Å²) >= 11 is 0. The quantitative estimate of drug-likeness (QED) is 0.790. The van der Waals surface area contributed by atoms with Crippen molar-refractivity contribution in [1.29, 1.82) is 0 Å². The first-order chi connectivity index (χ1) is 9.59. The Balaban J connectivity index is 1.66. The van der Waals surface area contributed by atoms with Crippen LogP contribution in [0.2, 0.25) is 0 Å². The van der Waals surface area contributed by atoms with Crippen LogP contribution in [0.4, 0.5) is 0 Å². The van der Waals surface area contributed by atoms with Crippen molar-refractivity contribution in [3.63, 3.8) is 0 Å². The van der Waals surface area contributed by atoms with Gasteiger partial charge in [-0.3, -0.25) is 19.8 Å². The first-order valence-corrected chi connectivity index (χ1v) is 7.80. The highest BCUT2D eigenvalue weighted by molar-refractivity contribution is 6.05. The Hall–Kier alpha value is -0.940. The summed E-state index contributed by atoms with van der Waals surface area (Å²) in [4.78, 5) is 26.2. The van der Waals surface area contributed by atoms with Crippen LogP contribution in [0.1, 0.15) is 51.9 Å². The largest absolute Gasteiger partial charge is 0.380 e. The van der Waals surface area contributed by atoms with Gasteiger partial charge in [0, 0.05) is 18.2 Å². The van der Waals surface area contributed by atoms with E-state index in [0.29, 0.717) is 13.0 Å². The number of hydrogen-bond donors (Lipinski definition) is 1. The summed E-state index contributed by atoms with van der Waals surface area (Å²) in [6, 6.07) is -0.202. The first kappa shape index (κ1) is 14.0. The molecule has 1 N–H and O–H groups in total. The van der Waals surface area contributed by atoms with Gasteiger partial charge in [0.2, 0.25) is 11.8 Å². The molecule has 0 radical (unpaired) electrons. The Morgan fingerprint density at radius 3 is 2.65 bits per heavy atom. The summed E-state index contributed by atoms with van der Waals surface area (Å²) in [7, 11) is 0. The molecule has 0 aromatic heterocycles. The maximum absolute atomic E-state index is 12.5. The molecule has 1 aliphatic carbocycles. The summed E-state index contributed by atoms with van der Waals surface area (Å²) in [6.07, 6.45) is 6.52. The van der Waals surface area contributed by atoms with Crippen molar-refractivity contribution in [2.24, 2.45) is 0 Å². The SMILES string of the molecule is CC1(NC2CC(=O)N(C3CCCC3)C2=O)CCCOC1. The second-order valence-electron chi connectivity index (χ2n) is 6.66. The van der Waals surface area contributed by atoms with E-state index in [4.69, 9.17) is 4.74 Å². The number of hydrogen-bond acceptors (Lipinski definition) is 4. The zero-order valence-corrected chi connectivity index (χ0v) is 12.2. The highest BCUT2D eigenvalue weighted by atomic mass is 16.5. The van der Waals surface area contributed by atoms with Gasteiger partial charge in [-0.1, -0.05) is 12.8 Å². The minimum atomic E-state index is -0.352. The lowest BCUT2D eigenvalue weighted by Crippen LogP contribution is -2.55. The number of carbonyl (C=O) groups excluding carboxylic acids is 2. The van der Waals surface area contributed by atoms with Gasteiger partial charge in [0.15, 0.2) is 0 Å². The van der Waals surface area contributed by atoms with Gasteiger partial charge in [-0.15, -0.1) is 0 Å². The summed E-state index contributed by atoms with van der Waals surface area (Å²) in [6.45, 7) is 3.50. The fourth-order valence-electron chi connectivity index (χ4n) is 3.78. The van der Waals surface area contributed by atoms with Gasteiger partial charge in [-0.2, -0.15) is 0 Å². The molecule has 2 amide bonds. The van der Waals surface area contributed by atoms with Gasteiger partial charge in [-0.05, 0) is 32.6 Å². The lowest BCUT2D eigenvalue weighted by Gasteiger charge is -2.36. The second-order valence-corrected chi connectivity index (χ2v) is 6.66. The van der Waals surface area contributed by atoms with Crippen molar-refractivity contribution < 1.29 is 14.3 Å². The summed E-state index contributed by atoms with van der Waals surface area (Å²) in [5.41, 5.74) is -0.176. The van der Waals surface area contributed by atoms with E-state index in [1.54, 1.807) is 0 Å². The molecule has 3 rings (SSSR count). The van der Waals surface area contributed by atoms with Crippen LogP contribution < -0.4 is 5.32 Å². The molecule has 2 unspecified atom stereocenters. The summed E-state index contributed by atoms with van der Waals surface area (Å²) < 4.78 is 5.51. The molecule has 5 nitrogen and oxygen atoms in total. The van der Waals surface area contributed by atoms with Crippen molar-refractivity contribution in [2.45, 2.75) is 69.5 Å². The van der Waals surface area contributed by atoms with Crippen LogP contribution in [-0.4, -0.2) is 47.6 Å². The Bertz CT molecular complexity index is 398. The van der Waals surface area contributed by atoms with E-state index < -0.39 is 0 Å². The van der Waals surface area contributed by atoms with Crippen molar-refractivity contribution >= 4 is 11.8 Å². The fraction of sp³-hybridized carbons (Fsp3) is 0.867. The van der Waals surface area contributed by atoms with Crippen LogP contribution in [0.5, 0.6) is 0 Å². The van der Waals surface area contributed by atoms with Crippen molar-refractivity contribution in [2.75, 3.05) is 13.2 Å². The van der Waals surface area contributed by atoms with E-state index in [-0.39, 0.29) is 29.4 Å². The first-order valence-electron chi connectivity index (χ1n) is 7.80. The van der Waals surface area contributed by atoms with E-state index in [2.05, 4.69) is 12.2 Å². The third kappa shape index (κ3) is 2.61. The van der Waals surface area contributed by atoms with E-state index in [1.165, 1.54) is 4.90 Å². The van der Waals surface area contributed by atoms with Crippen molar-refractivity contribution in [3.8, 4) is 0 Å². The molecule has 0 aromatic carbocycles. The maximum atomic E-state index is 12.5. The van der Waals surface area contributed by atoms with E-state index in [0.717, 1.165) is 45.1 Å². The van der Waals surface area contributed by atoms with Crippen molar-refractivity contribution in [1.82, 2.24) is 10.2 Å². The highest BCUT2D eigenvalue weighted by Gasteiger charge is 2.45. The number of carbonyl (C=O) groups is 2. The normalized spacial score (nSPS) is 36.0. The highest BCUT2D eigenvalue weighted by Crippen LogP contribution is 2.29. The van der Waals surface area contributed by atoms with Crippen LogP contribution in [-0.2, 0) is 14.3 Å². The molecule has 1 saturated carbocycles. The van der Waals surface area contributed by atoms with Gasteiger partial charge in [-0.25, -0.2) is 0 Å². The smallest absolute Gasteiger partial charge is 0.247 e. The molecule has 20 heavy (non-hydrogen) atoms. The maximum Gasteiger partial charge on any atom is 0.247 e. The summed E-state index contributed by atoms with van der Waals surface area (Å²) in [5, 5.41) is 3.39. The average Bonchev–Trinajstić information content (AvgIpc) is 3.00. The van der Waals surface area contributed by atoms with Crippen LogP contribution in [0, 0.1) is 0 Å². The number of ether oxygens (including phenoxy) is 1. The molecule has 3 aliphatic rings. The average molecular weight is 280 g/mol. The number of likely N-dealkylation sites (tertiary alicyclic amines) is 1. The monoisotopic (exact) mass is 280 g/mol. The zero-order chi connectivity index (χ0) is 14.2. The lowest BCUT2D eigenvalue weighted by atomic mass is 9.93. The van der Waals surface area contributed by atoms with Gasteiger partial charge >= 0.3 is 0 Å². The van der Waals surface area contributed by atoms with Gasteiger partial charge < -0.3 is 4.74 Å². The fourth-order valence-corrected chi connectivity index (χ4v) is 3.78. The molecule has 2 atom stereocenters. The third-order valence-electron chi connectivity index (χ3n) is 4.83. The standard InChI is InChI=1S/C15H24N2O3/c1-15(7-4-8-20-10-15)16-12-9-13(18)17(14(12)19)11-5-2-3-6-11/h11-12,16H,2-10H2,1H3. The lowest BCUT2D eigenvalue weighted by molar-refractivity contribution is -0.141. The number of nitrogens with one attached hydrogen (secondary N) is 1. The number of nitrogens with zero attached hydrogens (tertiary/aromatic N) is 1. The Labute approximate surface area is 120 Å². The van der Waals surface area contributed by atoms with Gasteiger partial charge in [0.25, 0.3) is 0 Å². The molecular formula is C15H24N2O3. The molecule has 5 heteroatoms. The number of imide groups is 1. The Kier molecular flexibility index (Phi) is 3.82. The number of rotatable bonds is 3. The molecule has 2 aliphatic heterocycles. The molecule has 0 bridgehead atoms. The molecule has 2 heterocycles. The molecule has 112 valence electrons. The predicted octanol–water partition coefficient (Wildman–Crippen LogP) is 1.22. The van der Waals surface area contributed by atoms with E-state index in [1.807, 2.05) is 0 Å². The van der Waals surface area contributed by atoms with Crippen LogP contribution in [0.3, 0.4) is 0 Å². The second kappa shape index (κ2) is 5.45. The van der Waals surface area contributed by atoms with Gasteiger partial charge in [0.05, 0.1) is 19.1 Å². The van der Waals surface area contributed by atoms with Crippen molar-refractivity contribution in [3.05, 3.63) is 0 Å². The van der Waals surface area contributed by atoms with Gasteiger partial charge in [0.1, 0.15) is 0 Å². The zero-order valence-electron chi connectivity index (χ0n) is 12.2. The molecule has 2 saturated heterocycles. The minimum Gasteiger partial charge on any atom is -0.380 e. The van der Waals surface area contributed by atoms with E-state index in [9.17, 15) is 9.59 Å². The topological polar surface area (TPSA) is 58.6 Å². The van der Waals surface area contributed by atoms with Crippen LogP contribution in [0.15, 0.2) is 0 Å². The van der Waals surface area contributed by atoms with Crippen LogP contribution >= 0.6 is 0 Å². The molecule has 0 aromatic rings. The van der Waals surface area contributed by atoms with E-state index >= 15 is 0 Å². The van der Waals surface area contributed by atoms with Crippen LogP contribution in [0.25, 0.3) is 0 Å². The molecule has 0 spiro atoms. The Morgan fingerprint density at radius 1 is 1.25 bits per heavy atom. The summed E-state index contributed by atoms with van der Waals surface area (Å²) in [5.74, 6) is -0.0200.